The molecule has 290 valence electrons. The molecule has 10 aromatic rings. The summed E-state index contributed by atoms with van der Waals surface area (Å²) in [4.78, 5) is 15.2. The highest BCUT2D eigenvalue weighted by atomic mass is 16.3. The molecular formula is C57H41N3O. The van der Waals surface area contributed by atoms with E-state index in [4.69, 9.17) is 19.4 Å². The second-order valence-electron chi connectivity index (χ2n) is 16.7. The van der Waals surface area contributed by atoms with E-state index in [2.05, 4.69) is 158 Å². The molecule has 0 saturated heterocycles. The molecule has 4 heteroatoms. The van der Waals surface area contributed by atoms with Crippen LogP contribution in [0, 0.1) is 0 Å². The van der Waals surface area contributed by atoms with Crippen LogP contribution in [0.3, 0.4) is 0 Å². The van der Waals surface area contributed by atoms with Gasteiger partial charge in [0.15, 0.2) is 17.5 Å². The van der Waals surface area contributed by atoms with Crippen molar-refractivity contribution in [3.8, 4) is 78.7 Å². The van der Waals surface area contributed by atoms with E-state index < -0.39 is 0 Å². The fourth-order valence-electron chi connectivity index (χ4n) is 10.1. The first-order valence-electron chi connectivity index (χ1n) is 21.5. The Morgan fingerprint density at radius 2 is 0.803 bits per heavy atom. The molecule has 0 bridgehead atoms. The number of hydrogen-bond acceptors (Lipinski definition) is 4. The van der Waals surface area contributed by atoms with E-state index in [1.807, 2.05) is 30.3 Å². The van der Waals surface area contributed by atoms with Crippen LogP contribution in [0.25, 0.3) is 101 Å². The quantitative estimate of drug-likeness (QED) is 0.169. The number of hydrogen-bond donors (Lipinski definition) is 0. The van der Waals surface area contributed by atoms with Crippen LogP contribution in [0.15, 0.2) is 192 Å². The predicted molar refractivity (Wildman–Crippen MR) is 249 cm³/mol. The lowest BCUT2D eigenvalue weighted by molar-refractivity contribution is 0.353. The van der Waals surface area contributed by atoms with E-state index in [9.17, 15) is 0 Å². The molecule has 12 rings (SSSR count). The van der Waals surface area contributed by atoms with Crippen molar-refractivity contribution in [1.82, 2.24) is 15.0 Å². The summed E-state index contributed by atoms with van der Waals surface area (Å²) >= 11 is 0. The maximum atomic E-state index is 6.27. The van der Waals surface area contributed by atoms with Gasteiger partial charge >= 0.3 is 0 Å². The Labute approximate surface area is 355 Å². The zero-order valence-corrected chi connectivity index (χ0v) is 33.7. The van der Waals surface area contributed by atoms with Crippen LogP contribution in [0.2, 0.25) is 0 Å². The number of aromatic nitrogens is 3. The maximum Gasteiger partial charge on any atom is 0.164 e. The van der Waals surface area contributed by atoms with Crippen LogP contribution in [0.5, 0.6) is 0 Å². The SMILES string of the molecule is c1ccc(-c2ccc(-c3nc(-c4ccc(-c5ccc(-c6ccc7c(c6)-c6ccccc6C76CCCCC6)cc5)cc4)nc(-c4ccc5c(c4)oc4ccccc45)n3)cc2)cc1. The summed E-state index contributed by atoms with van der Waals surface area (Å²) < 4.78 is 6.27. The summed E-state index contributed by atoms with van der Waals surface area (Å²) in [6.45, 7) is 0. The summed E-state index contributed by atoms with van der Waals surface area (Å²) in [5, 5.41) is 2.16. The van der Waals surface area contributed by atoms with Crippen molar-refractivity contribution in [2.75, 3.05) is 0 Å². The molecule has 4 nitrogen and oxygen atoms in total. The van der Waals surface area contributed by atoms with E-state index in [0.29, 0.717) is 17.5 Å². The highest BCUT2D eigenvalue weighted by molar-refractivity contribution is 6.05. The van der Waals surface area contributed by atoms with Gasteiger partial charge in [0.25, 0.3) is 0 Å². The number of para-hydroxylation sites is 1. The number of rotatable bonds is 6. The molecule has 0 aliphatic heterocycles. The standard InChI is InChI=1S/C57H41N3O/c1-3-11-37(12-4-1)38-21-25-42(26-22-38)54-58-55(60-56(59-54)45-29-31-48-47-14-6-8-16-52(47)61-53(48)36-45)43-27-23-40(24-28-43)39-17-19-41(20-18-39)44-30-32-51-49(35-44)46-13-5-7-15-50(46)57(51)33-9-2-10-34-57/h1,3-8,11-32,35-36H,2,9-10,33-34H2. The number of fused-ring (bicyclic) bond motifs is 8. The van der Waals surface area contributed by atoms with E-state index in [1.54, 1.807) is 0 Å². The van der Waals surface area contributed by atoms with Crippen molar-refractivity contribution < 1.29 is 4.42 Å². The molecule has 1 saturated carbocycles. The third-order valence-corrected chi connectivity index (χ3v) is 13.2. The lowest BCUT2D eigenvalue weighted by Gasteiger charge is -2.36. The molecule has 2 heterocycles. The van der Waals surface area contributed by atoms with E-state index in [0.717, 1.165) is 55.3 Å². The largest absolute Gasteiger partial charge is 0.456 e. The maximum absolute atomic E-state index is 6.27. The van der Waals surface area contributed by atoms with Crippen LogP contribution in [-0.4, -0.2) is 15.0 Å². The molecule has 0 radical (unpaired) electrons. The zero-order valence-electron chi connectivity index (χ0n) is 33.7. The Morgan fingerprint density at radius 3 is 1.48 bits per heavy atom. The van der Waals surface area contributed by atoms with Gasteiger partial charge in [0.05, 0.1) is 0 Å². The first-order chi connectivity index (χ1) is 30.2. The Hall–Kier alpha value is -7.43. The van der Waals surface area contributed by atoms with Crippen LogP contribution in [0.1, 0.15) is 43.2 Å². The van der Waals surface area contributed by atoms with Gasteiger partial charge in [-0.2, -0.15) is 0 Å². The molecule has 0 amide bonds. The van der Waals surface area contributed by atoms with Crippen molar-refractivity contribution in [3.63, 3.8) is 0 Å². The molecule has 1 fully saturated rings. The lowest BCUT2D eigenvalue weighted by atomic mass is 9.68. The summed E-state index contributed by atoms with van der Waals surface area (Å²) in [5.74, 6) is 1.83. The van der Waals surface area contributed by atoms with Crippen molar-refractivity contribution >= 4 is 21.9 Å². The lowest BCUT2D eigenvalue weighted by Crippen LogP contribution is -2.27. The second kappa shape index (κ2) is 14.4. The van der Waals surface area contributed by atoms with Crippen molar-refractivity contribution in [2.24, 2.45) is 0 Å². The van der Waals surface area contributed by atoms with Crippen LogP contribution < -0.4 is 0 Å². The first-order valence-corrected chi connectivity index (χ1v) is 21.5. The molecule has 0 N–H and O–H groups in total. The number of benzene rings is 8. The molecule has 2 aromatic heterocycles. The van der Waals surface area contributed by atoms with Crippen molar-refractivity contribution in [2.45, 2.75) is 37.5 Å². The number of furan rings is 1. The smallest absolute Gasteiger partial charge is 0.164 e. The Morgan fingerprint density at radius 1 is 0.328 bits per heavy atom. The topological polar surface area (TPSA) is 51.8 Å². The van der Waals surface area contributed by atoms with Gasteiger partial charge in [-0.1, -0.05) is 183 Å². The van der Waals surface area contributed by atoms with E-state index >= 15 is 0 Å². The third-order valence-electron chi connectivity index (χ3n) is 13.2. The average molecular weight is 784 g/mol. The third kappa shape index (κ3) is 6.09. The Bertz CT molecular complexity index is 3250. The van der Waals surface area contributed by atoms with Gasteiger partial charge in [0.2, 0.25) is 0 Å². The molecule has 61 heavy (non-hydrogen) atoms. The molecule has 2 aliphatic rings. The van der Waals surface area contributed by atoms with Gasteiger partial charge < -0.3 is 4.42 Å². The van der Waals surface area contributed by atoms with Gasteiger partial charge in [-0.15, -0.1) is 0 Å². The summed E-state index contributed by atoms with van der Waals surface area (Å²) in [6, 6.07) is 67.1. The van der Waals surface area contributed by atoms with Gasteiger partial charge in [0, 0.05) is 32.9 Å². The highest BCUT2D eigenvalue weighted by Gasteiger charge is 2.43. The normalized spacial score (nSPS) is 14.0. The Balaban J connectivity index is 0.869. The van der Waals surface area contributed by atoms with Gasteiger partial charge in [-0.25, -0.2) is 15.0 Å². The second-order valence-corrected chi connectivity index (χ2v) is 16.7. The van der Waals surface area contributed by atoms with Gasteiger partial charge in [-0.05, 0) is 92.7 Å². The van der Waals surface area contributed by atoms with E-state index in [-0.39, 0.29) is 5.41 Å². The fraction of sp³-hybridized carbons (Fsp3) is 0.105. The van der Waals surface area contributed by atoms with Crippen molar-refractivity contribution in [1.29, 1.82) is 0 Å². The number of nitrogens with zero attached hydrogens (tertiary/aromatic N) is 3. The van der Waals surface area contributed by atoms with Crippen LogP contribution >= 0.6 is 0 Å². The Kier molecular flexibility index (Phi) is 8.38. The summed E-state index contributed by atoms with van der Waals surface area (Å²) in [7, 11) is 0. The molecule has 0 unspecified atom stereocenters. The minimum Gasteiger partial charge on any atom is -0.456 e. The molecule has 0 atom stereocenters. The van der Waals surface area contributed by atoms with Crippen molar-refractivity contribution in [3.05, 3.63) is 199 Å². The molecule has 8 aromatic carbocycles. The van der Waals surface area contributed by atoms with Crippen LogP contribution in [0.4, 0.5) is 0 Å². The first kappa shape index (κ1) is 35.5. The minimum absolute atomic E-state index is 0.182. The average Bonchev–Trinajstić information content (AvgIpc) is 3.84. The zero-order chi connectivity index (χ0) is 40.3. The monoisotopic (exact) mass is 783 g/mol. The van der Waals surface area contributed by atoms with E-state index in [1.165, 1.54) is 71.0 Å². The summed E-state index contributed by atoms with van der Waals surface area (Å²) in [5.41, 5.74) is 17.6. The van der Waals surface area contributed by atoms with Crippen LogP contribution in [-0.2, 0) is 5.41 Å². The summed E-state index contributed by atoms with van der Waals surface area (Å²) in [6.07, 6.45) is 6.46. The predicted octanol–water partition coefficient (Wildman–Crippen LogP) is 15.0. The van der Waals surface area contributed by atoms with Gasteiger partial charge in [0.1, 0.15) is 11.2 Å². The minimum atomic E-state index is 0.182. The highest BCUT2D eigenvalue weighted by Crippen LogP contribution is 2.56. The fourth-order valence-corrected chi connectivity index (χ4v) is 10.1. The molecule has 1 spiro atoms. The molecular weight excluding hydrogens is 743 g/mol. The molecule has 2 aliphatic carbocycles. The van der Waals surface area contributed by atoms with Gasteiger partial charge in [-0.3, -0.25) is 0 Å².